The number of hydrogen-bond donors (Lipinski definition) is 1. The van der Waals surface area contributed by atoms with E-state index in [9.17, 15) is 0 Å². The highest BCUT2D eigenvalue weighted by molar-refractivity contribution is 6.16. The molecular formula is C43H30N2O. The molecule has 3 heteroatoms. The molecule has 0 fully saturated rings. The Hall–Kier alpha value is -6.19. The number of rotatable bonds is 7. The summed E-state index contributed by atoms with van der Waals surface area (Å²) in [5.74, 6) is 0. The highest BCUT2D eigenvalue weighted by Gasteiger charge is 2.17. The first-order valence-corrected chi connectivity index (χ1v) is 15.4. The van der Waals surface area contributed by atoms with E-state index in [2.05, 4.69) is 108 Å². The molecule has 2 heterocycles. The van der Waals surface area contributed by atoms with Crippen LogP contribution in [0.25, 0.3) is 61.1 Å². The van der Waals surface area contributed by atoms with Gasteiger partial charge in [-0.3, -0.25) is 5.41 Å². The predicted molar refractivity (Wildman–Crippen MR) is 194 cm³/mol. The van der Waals surface area contributed by atoms with Crippen molar-refractivity contribution in [2.24, 2.45) is 0 Å². The quantitative estimate of drug-likeness (QED) is 0.146. The number of furan rings is 1. The predicted octanol–water partition coefficient (Wildman–Crippen LogP) is 11.4. The molecule has 0 atom stereocenters. The summed E-state index contributed by atoms with van der Waals surface area (Å²) in [6.45, 7) is 4.31. The van der Waals surface area contributed by atoms with Crippen molar-refractivity contribution in [1.82, 2.24) is 4.57 Å². The summed E-state index contributed by atoms with van der Waals surface area (Å²) in [6, 6.07) is 49.7. The van der Waals surface area contributed by atoms with Gasteiger partial charge in [-0.2, -0.15) is 0 Å². The third kappa shape index (κ3) is 4.75. The molecule has 0 bridgehead atoms. The monoisotopic (exact) mass is 590 g/mol. The van der Waals surface area contributed by atoms with Crippen LogP contribution in [0.4, 0.5) is 0 Å². The van der Waals surface area contributed by atoms with Gasteiger partial charge in [-0.1, -0.05) is 128 Å². The smallest absolute Gasteiger partial charge is 0.137 e. The van der Waals surface area contributed by atoms with Crippen LogP contribution in [0.3, 0.4) is 0 Å². The van der Waals surface area contributed by atoms with E-state index in [4.69, 9.17) is 9.83 Å². The average molecular weight is 591 g/mol. The van der Waals surface area contributed by atoms with Gasteiger partial charge in [-0.15, -0.1) is 0 Å². The number of nitrogens with one attached hydrogen (secondary N) is 1. The molecule has 0 aliphatic carbocycles. The maximum Gasteiger partial charge on any atom is 0.137 e. The molecule has 2 aromatic heterocycles. The van der Waals surface area contributed by atoms with E-state index in [-0.39, 0.29) is 0 Å². The van der Waals surface area contributed by atoms with Crippen molar-refractivity contribution in [2.45, 2.75) is 0 Å². The Kier molecular flexibility index (Phi) is 6.77. The normalized spacial score (nSPS) is 12.1. The highest BCUT2D eigenvalue weighted by atomic mass is 16.3. The summed E-state index contributed by atoms with van der Waals surface area (Å²) in [6.07, 6.45) is 6.22. The fourth-order valence-corrected chi connectivity index (χ4v) is 6.41. The number of allylic oxidation sites excluding steroid dienone is 4. The standard InChI is InChI=1S/C43H30N2O/c1-29(43(44)31-15-6-3-7-16-31)27-32(24-23-30-13-4-2-5-14-30)34-19-12-22-40-42(34)37-26-25-33(28-41(37)46-40)45-38-20-10-8-17-35(38)36-18-9-11-21-39(36)45/h2-28,44H,1H2/b24-23+,32-27-,44-43?. The molecule has 0 aliphatic rings. The van der Waals surface area contributed by atoms with Crippen LogP contribution in [0, 0.1) is 5.41 Å². The molecule has 0 saturated heterocycles. The van der Waals surface area contributed by atoms with E-state index in [1.165, 1.54) is 10.8 Å². The molecule has 0 radical (unpaired) electrons. The lowest BCUT2D eigenvalue weighted by Crippen LogP contribution is -2.00. The molecule has 8 rings (SSSR count). The topological polar surface area (TPSA) is 41.9 Å². The Bertz CT molecular complexity index is 2440. The van der Waals surface area contributed by atoms with Gasteiger partial charge in [0.25, 0.3) is 0 Å². The van der Waals surface area contributed by atoms with Crippen LogP contribution in [0.2, 0.25) is 0 Å². The molecule has 6 aromatic carbocycles. The first kappa shape index (κ1) is 27.4. The SMILES string of the molecule is C=C(/C=C(/C=C/c1ccccc1)c1cccc2oc3cc(-n4c5ccccc5c5ccccc54)ccc3c12)C(=N)c1ccccc1. The lowest BCUT2D eigenvalue weighted by atomic mass is 9.94. The van der Waals surface area contributed by atoms with Crippen LogP contribution in [0.15, 0.2) is 174 Å². The lowest BCUT2D eigenvalue weighted by molar-refractivity contribution is 0.668. The van der Waals surface area contributed by atoms with Gasteiger partial charge in [0.15, 0.2) is 0 Å². The van der Waals surface area contributed by atoms with Gasteiger partial charge < -0.3 is 8.98 Å². The van der Waals surface area contributed by atoms with Crippen molar-refractivity contribution in [3.05, 3.63) is 187 Å². The zero-order chi connectivity index (χ0) is 31.0. The van der Waals surface area contributed by atoms with Crippen molar-refractivity contribution < 1.29 is 4.42 Å². The summed E-state index contributed by atoms with van der Waals surface area (Å²) >= 11 is 0. The van der Waals surface area contributed by atoms with Crippen LogP contribution in [0.5, 0.6) is 0 Å². The molecule has 8 aromatic rings. The fraction of sp³-hybridized carbons (Fsp3) is 0. The van der Waals surface area contributed by atoms with E-state index < -0.39 is 0 Å². The Labute approximate surface area is 267 Å². The molecule has 218 valence electrons. The van der Waals surface area contributed by atoms with Crippen LogP contribution >= 0.6 is 0 Å². The van der Waals surface area contributed by atoms with E-state index in [0.29, 0.717) is 11.3 Å². The average Bonchev–Trinajstić information content (AvgIpc) is 3.66. The van der Waals surface area contributed by atoms with Crippen LogP contribution in [-0.2, 0) is 0 Å². The van der Waals surface area contributed by atoms with Gasteiger partial charge in [0, 0.05) is 33.3 Å². The van der Waals surface area contributed by atoms with Crippen LogP contribution in [0.1, 0.15) is 16.7 Å². The first-order chi connectivity index (χ1) is 22.7. The Morgan fingerprint density at radius 2 is 1.28 bits per heavy atom. The molecule has 0 spiro atoms. The van der Waals surface area contributed by atoms with Crippen molar-refractivity contribution >= 4 is 61.1 Å². The molecule has 0 amide bonds. The van der Waals surface area contributed by atoms with Gasteiger partial charge in [-0.05, 0) is 64.2 Å². The minimum absolute atomic E-state index is 0.395. The molecule has 0 unspecified atom stereocenters. The number of nitrogens with zero attached hydrogens (tertiary/aromatic N) is 1. The minimum Gasteiger partial charge on any atom is -0.456 e. The van der Waals surface area contributed by atoms with E-state index >= 15 is 0 Å². The number of fused-ring (bicyclic) bond motifs is 6. The summed E-state index contributed by atoms with van der Waals surface area (Å²) in [4.78, 5) is 0. The zero-order valence-electron chi connectivity index (χ0n) is 25.2. The largest absolute Gasteiger partial charge is 0.456 e. The second-order valence-corrected chi connectivity index (χ2v) is 11.4. The molecule has 3 nitrogen and oxygen atoms in total. The number of hydrogen-bond acceptors (Lipinski definition) is 2. The van der Waals surface area contributed by atoms with Crippen molar-refractivity contribution in [1.29, 1.82) is 5.41 Å². The van der Waals surface area contributed by atoms with Gasteiger partial charge >= 0.3 is 0 Å². The Morgan fingerprint density at radius 3 is 2.00 bits per heavy atom. The van der Waals surface area contributed by atoms with Crippen LogP contribution in [-0.4, -0.2) is 10.3 Å². The molecule has 46 heavy (non-hydrogen) atoms. The van der Waals surface area contributed by atoms with Crippen molar-refractivity contribution in [3.8, 4) is 5.69 Å². The molecule has 1 N–H and O–H groups in total. The molecule has 0 aliphatic heterocycles. The third-order valence-corrected chi connectivity index (χ3v) is 8.60. The van der Waals surface area contributed by atoms with Crippen LogP contribution < -0.4 is 0 Å². The van der Waals surface area contributed by atoms with E-state index in [1.807, 2.05) is 66.7 Å². The van der Waals surface area contributed by atoms with Crippen molar-refractivity contribution in [2.75, 3.05) is 0 Å². The number of para-hydroxylation sites is 2. The molecule has 0 saturated carbocycles. The summed E-state index contributed by atoms with van der Waals surface area (Å²) in [5, 5.41) is 13.4. The number of aromatic nitrogens is 1. The Morgan fingerprint density at radius 1 is 0.630 bits per heavy atom. The lowest BCUT2D eigenvalue weighted by Gasteiger charge is -2.10. The van der Waals surface area contributed by atoms with E-state index in [0.717, 1.165) is 60.9 Å². The highest BCUT2D eigenvalue weighted by Crippen LogP contribution is 2.38. The summed E-state index contributed by atoms with van der Waals surface area (Å²) < 4.78 is 8.87. The fourth-order valence-electron chi connectivity index (χ4n) is 6.41. The maximum atomic E-state index is 8.87. The first-order valence-electron chi connectivity index (χ1n) is 15.4. The second kappa shape index (κ2) is 11.4. The third-order valence-electron chi connectivity index (χ3n) is 8.60. The van der Waals surface area contributed by atoms with Gasteiger partial charge in [0.1, 0.15) is 11.2 Å². The number of benzene rings is 6. The summed E-state index contributed by atoms with van der Waals surface area (Å²) in [5.41, 5.74) is 9.95. The van der Waals surface area contributed by atoms with Gasteiger partial charge in [-0.25, -0.2) is 0 Å². The van der Waals surface area contributed by atoms with Gasteiger partial charge in [0.05, 0.1) is 16.7 Å². The van der Waals surface area contributed by atoms with Crippen molar-refractivity contribution in [3.63, 3.8) is 0 Å². The second-order valence-electron chi connectivity index (χ2n) is 11.4. The molecular weight excluding hydrogens is 560 g/mol. The minimum atomic E-state index is 0.395. The van der Waals surface area contributed by atoms with E-state index in [1.54, 1.807) is 0 Å². The maximum absolute atomic E-state index is 8.87. The Balaban J connectivity index is 1.29. The zero-order valence-corrected chi connectivity index (χ0v) is 25.2. The summed E-state index contributed by atoms with van der Waals surface area (Å²) in [7, 11) is 0. The van der Waals surface area contributed by atoms with Gasteiger partial charge in [0.2, 0.25) is 0 Å².